The smallest absolute Gasteiger partial charge is 0.364 e. The number of hydrogen-bond acceptors (Lipinski definition) is 6. The molecule has 1 aromatic carbocycles. The first-order valence-electron chi connectivity index (χ1n) is 4.97. The minimum Gasteiger partial charge on any atom is -0.716 e. The van der Waals surface area contributed by atoms with Crippen LogP contribution in [0.15, 0.2) is 24.3 Å². The van der Waals surface area contributed by atoms with Crippen LogP contribution in [-0.2, 0) is 26.4 Å². The summed E-state index contributed by atoms with van der Waals surface area (Å²) in [5.74, 6) is -0.509. The normalized spacial score (nSPS) is 12.8. The van der Waals surface area contributed by atoms with Gasteiger partial charge in [-0.3, -0.25) is 0 Å². The van der Waals surface area contributed by atoms with Crippen molar-refractivity contribution in [3.05, 3.63) is 29.8 Å². The van der Waals surface area contributed by atoms with Gasteiger partial charge in [-0.25, -0.2) is 13.2 Å². The highest BCUT2D eigenvalue weighted by molar-refractivity contribution is 7.81. The first-order valence-corrected chi connectivity index (χ1v) is 6.30. The molecule has 0 spiro atoms. The van der Waals surface area contributed by atoms with Crippen LogP contribution in [0.4, 0.5) is 0 Å². The van der Waals surface area contributed by atoms with Crippen LogP contribution in [0.2, 0.25) is 0 Å². The second-order valence-corrected chi connectivity index (χ2v) is 4.54. The molecule has 0 aromatic heterocycles. The van der Waals surface area contributed by atoms with Gasteiger partial charge in [0.1, 0.15) is 5.75 Å². The van der Waals surface area contributed by atoms with Crippen molar-refractivity contribution in [3.8, 4) is 5.75 Å². The molecular formula is C10H13NO6S. The van der Waals surface area contributed by atoms with Gasteiger partial charge in [-0.15, -0.1) is 0 Å². The monoisotopic (exact) mass is 275 g/mol. The second kappa shape index (κ2) is 5.80. The second-order valence-electron chi connectivity index (χ2n) is 3.56. The van der Waals surface area contributed by atoms with E-state index in [4.69, 9.17) is 0 Å². The van der Waals surface area contributed by atoms with E-state index in [2.05, 4.69) is 14.7 Å². The van der Waals surface area contributed by atoms with Crippen molar-refractivity contribution in [2.24, 2.45) is 0 Å². The lowest BCUT2D eigenvalue weighted by Gasteiger charge is -2.10. The Morgan fingerprint density at radius 1 is 1.39 bits per heavy atom. The third-order valence-corrected chi connectivity index (χ3v) is 2.53. The SMILES string of the molecule is COC(=O)[C@@H]([NH3+])Cc1ccc(OS(=O)(=O)[O-])cc1. The molecule has 0 heterocycles. The molecule has 100 valence electrons. The summed E-state index contributed by atoms with van der Waals surface area (Å²) < 4.78 is 39.7. The van der Waals surface area contributed by atoms with E-state index < -0.39 is 22.4 Å². The van der Waals surface area contributed by atoms with Crippen molar-refractivity contribution in [3.63, 3.8) is 0 Å². The molecule has 0 aliphatic carbocycles. The zero-order valence-corrected chi connectivity index (χ0v) is 10.5. The number of carbonyl (C=O) groups is 1. The summed E-state index contributed by atoms with van der Waals surface area (Å²) >= 11 is 0. The summed E-state index contributed by atoms with van der Waals surface area (Å²) in [7, 11) is -3.49. The van der Waals surface area contributed by atoms with Crippen LogP contribution in [0.3, 0.4) is 0 Å². The van der Waals surface area contributed by atoms with E-state index in [-0.39, 0.29) is 5.75 Å². The summed E-state index contributed by atoms with van der Waals surface area (Å²) in [6.07, 6.45) is 0.344. The molecule has 0 saturated carbocycles. The Morgan fingerprint density at radius 3 is 2.39 bits per heavy atom. The first kappa shape index (κ1) is 14.4. The van der Waals surface area contributed by atoms with E-state index in [1.54, 1.807) is 12.1 Å². The number of hydrogen-bond donors (Lipinski definition) is 1. The van der Waals surface area contributed by atoms with Crippen LogP contribution in [0.1, 0.15) is 5.56 Å². The third kappa shape index (κ3) is 4.70. The zero-order valence-electron chi connectivity index (χ0n) is 9.66. The van der Waals surface area contributed by atoms with Gasteiger partial charge in [0.05, 0.1) is 7.11 Å². The Labute approximate surface area is 104 Å². The van der Waals surface area contributed by atoms with E-state index in [1.165, 1.54) is 19.2 Å². The van der Waals surface area contributed by atoms with Crippen LogP contribution >= 0.6 is 0 Å². The highest BCUT2D eigenvalue weighted by Crippen LogP contribution is 2.14. The molecular weight excluding hydrogens is 262 g/mol. The van der Waals surface area contributed by atoms with Crippen molar-refractivity contribution in [2.75, 3.05) is 7.11 Å². The average molecular weight is 275 g/mol. The maximum atomic E-state index is 11.1. The minimum absolute atomic E-state index is 0.0765. The molecule has 7 nitrogen and oxygen atoms in total. The summed E-state index contributed by atoms with van der Waals surface area (Å²) in [6.45, 7) is 0. The third-order valence-electron chi connectivity index (χ3n) is 2.14. The molecule has 0 radical (unpaired) electrons. The molecule has 0 bridgehead atoms. The van der Waals surface area contributed by atoms with Gasteiger partial charge >= 0.3 is 5.97 Å². The van der Waals surface area contributed by atoms with Gasteiger partial charge in [0.25, 0.3) is 10.4 Å². The van der Waals surface area contributed by atoms with Crippen LogP contribution in [0.5, 0.6) is 5.75 Å². The highest BCUT2D eigenvalue weighted by atomic mass is 32.3. The Kier molecular flexibility index (Phi) is 4.65. The molecule has 0 saturated heterocycles. The van der Waals surface area contributed by atoms with Gasteiger partial charge in [0, 0.05) is 6.42 Å². The Hall–Kier alpha value is -1.64. The molecule has 1 atom stereocenters. The van der Waals surface area contributed by atoms with Crippen molar-refractivity contribution in [1.82, 2.24) is 0 Å². The van der Waals surface area contributed by atoms with E-state index >= 15 is 0 Å². The first-order chi connectivity index (χ1) is 8.31. The molecule has 1 aromatic rings. The largest absolute Gasteiger partial charge is 0.716 e. The molecule has 0 fully saturated rings. The van der Waals surface area contributed by atoms with Gasteiger partial charge in [0.2, 0.25) is 0 Å². The van der Waals surface area contributed by atoms with Crippen LogP contribution < -0.4 is 9.92 Å². The number of rotatable bonds is 5. The van der Waals surface area contributed by atoms with Crippen molar-refractivity contribution in [2.45, 2.75) is 12.5 Å². The van der Waals surface area contributed by atoms with Gasteiger partial charge < -0.3 is 19.2 Å². The van der Waals surface area contributed by atoms with Gasteiger partial charge in [0.15, 0.2) is 6.04 Å². The fourth-order valence-corrected chi connectivity index (χ4v) is 1.68. The van der Waals surface area contributed by atoms with Crippen LogP contribution in [-0.4, -0.2) is 32.1 Å². The predicted molar refractivity (Wildman–Crippen MR) is 59.2 cm³/mol. The Morgan fingerprint density at radius 2 is 1.94 bits per heavy atom. The lowest BCUT2D eigenvalue weighted by atomic mass is 10.1. The zero-order chi connectivity index (χ0) is 13.8. The van der Waals surface area contributed by atoms with Gasteiger partial charge in [-0.1, -0.05) is 12.1 Å². The van der Waals surface area contributed by atoms with Gasteiger partial charge in [-0.2, -0.15) is 0 Å². The van der Waals surface area contributed by atoms with Crippen molar-refractivity contribution < 1.29 is 32.4 Å². The number of methoxy groups -OCH3 is 1. The molecule has 3 N–H and O–H groups in total. The molecule has 8 heteroatoms. The maximum absolute atomic E-state index is 11.1. The van der Waals surface area contributed by atoms with Crippen LogP contribution in [0, 0.1) is 0 Å². The van der Waals surface area contributed by atoms with E-state index in [1.807, 2.05) is 0 Å². The minimum atomic E-state index is -4.77. The van der Waals surface area contributed by atoms with E-state index in [0.29, 0.717) is 6.42 Å². The van der Waals surface area contributed by atoms with Crippen LogP contribution in [0.25, 0.3) is 0 Å². The lowest BCUT2D eigenvalue weighted by Crippen LogP contribution is -2.66. The fourth-order valence-electron chi connectivity index (χ4n) is 1.33. The van der Waals surface area contributed by atoms with Crippen molar-refractivity contribution >= 4 is 16.4 Å². The molecule has 0 aliphatic heterocycles. The van der Waals surface area contributed by atoms with E-state index in [0.717, 1.165) is 5.56 Å². The summed E-state index contributed by atoms with van der Waals surface area (Å²) in [4.78, 5) is 11.1. The topological polar surface area (TPSA) is 120 Å². The summed E-state index contributed by atoms with van der Waals surface area (Å²) in [5, 5.41) is 0. The molecule has 0 aliphatic rings. The quantitative estimate of drug-likeness (QED) is 0.411. The number of ether oxygens (including phenoxy) is 1. The number of quaternary nitrogens is 1. The lowest BCUT2D eigenvalue weighted by molar-refractivity contribution is -0.407. The predicted octanol–water partition coefficient (Wildman–Crippen LogP) is -1.15. The highest BCUT2D eigenvalue weighted by Gasteiger charge is 2.17. The number of benzene rings is 1. The standard InChI is InChI=1S/C10H13NO6S/c1-16-10(12)9(11)6-7-2-4-8(5-3-7)17-18(13,14)15/h2-5,9H,6,11H2,1H3,(H,13,14,15)/t9-/m0/s1. The van der Waals surface area contributed by atoms with Crippen molar-refractivity contribution in [1.29, 1.82) is 0 Å². The summed E-state index contributed by atoms with van der Waals surface area (Å²) in [6, 6.07) is 5.19. The molecule has 1 rings (SSSR count). The average Bonchev–Trinajstić information content (AvgIpc) is 2.28. The van der Waals surface area contributed by atoms with Gasteiger partial charge in [-0.05, 0) is 17.7 Å². The number of carbonyl (C=O) groups excluding carboxylic acids is 1. The van der Waals surface area contributed by atoms with E-state index in [9.17, 15) is 17.8 Å². The Balaban J connectivity index is 2.69. The fraction of sp³-hybridized carbons (Fsp3) is 0.300. The Bertz CT molecular complexity index is 510. The number of esters is 1. The molecule has 0 amide bonds. The maximum Gasteiger partial charge on any atom is 0.364 e. The molecule has 0 unspecified atom stereocenters. The molecule has 18 heavy (non-hydrogen) atoms. The summed E-state index contributed by atoms with van der Waals surface area (Å²) in [5.41, 5.74) is 4.38.